The monoisotopic (exact) mass is 799 g/mol. The first-order valence-corrected chi connectivity index (χ1v) is 20.4. The second kappa shape index (κ2) is 19.0. The second-order valence-corrected chi connectivity index (χ2v) is 15.9. The maximum atomic E-state index is 14.3. The fraction of sp³-hybridized carbons (Fsp3) is 0.205. The molecule has 9 rings (SSSR count). The summed E-state index contributed by atoms with van der Waals surface area (Å²) in [4.78, 5) is 53.8. The number of nitrogens with two attached hydrogens (primary N) is 1. The molecule has 2 atom stereocenters. The van der Waals surface area contributed by atoms with Crippen LogP contribution < -0.4 is 31.7 Å². The summed E-state index contributed by atoms with van der Waals surface area (Å²) in [5.41, 5.74) is 11.5. The largest absolute Gasteiger partial charge is 0.384 e. The van der Waals surface area contributed by atoms with Gasteiger partial charge in [0, 0.05) is 31.6 Å². The van der Waals surface area contributed by atoms with Gasteiger partial charge in [-0.15, -0.1) is 0 Å². The third kappa shape index (κ3) is 11.9. The van der Waals surface area contributed by atoms with E-state index in [9.17, 15) is 27.6 Å². The molecule has 8 N–H and O–H groups in total. The van der Waals surface area contributed by atoms with Gasteiger partial charge in [0.15, 0.2) is 0 Å². The van der Waals surface area contributed by atoms with Crippen LogP contribution in [-0.4, -0.2) is 43.9 Å². The zero-order chi connectivity index (χ0) is 41.1. The van der Waals surface area contributed by atoms with E-state index in [0.29, 0.717) is 27.8 Å². The van der Waals surface area contributed by atoms with Gasteiger partial charge in [-0.3, -0.25) is 24.6 Å². The molecule has 4 aliphatic rings. The topological polar surface area (TPSA) is 212 Å². The van der Waals surface area contributed by atoms with Crippen molar-refractivity contribution < 1.29 is 27.6 Å². The first-order valence-electron chi connectivity index (χ1n) is 18.7. The molecule has 6 bridgehead atoms. The van der Waals surface area contributed by atoms with Crippen LogP contribution in [0.15, 0.2) is 127 Å². The van der Waals surface area contributed by atoms with Crippen molar-refractivity contribution in [3.05, 3.63) is 177 Å². The Morgan fingerprint density at radius 2 is 1.19 bits per heavy atom. The smallest absolute Gasteiger partial charge is 0.243 e. The third-order valence-electron chi connectivity index (χ3n) is 9.63. The van der Waals surface area contributed by atoms with Crippen LogP contribution in [0.5, 0.6) is 0 Å². The van der Waals surface area contributed by atoms with E-state index in [4.69, 9.17) is 11.1 Å². The number of carbonyl (C=O) groups is 4. The fourth-order valence-electron chi connectivity index (χ4n) is 6.40. The predicted octanol–water partition coefficient (Wildman–Crippen LogP) is 3.21. The quantitative estimate of drug-likeness (QED) is 0.0920. The SMILES string of the molecule is N=C(N)c1ccc(CNC(=O)[C@@H]2Cc3ccc(cc3)CNC(=O)Cc3ccc(cc3)CC(=O)NCc3ccc(cc3)C(NS(=O)(=O)Cc3ccccc3)C(=O)N2)cc1. The van der Waals surface area contributed by atoms with E-state index in [0.717, 1.165) is 22.3 Å². The normalized spacial score (nSPS) is 16.7. The number of hydrogen-bond donors (Lipinski definition) is 7. The van der Waals surface area contributed by atoms with Crippen molar-refractivity contribution >= 4 is 39.5 Å². The van der Waals surface area contributed by atoms with E-state index in [1.54, 1.807) is 78.9 Å². The highest BCUT2D eigenvalue weighted by Crippen LogP contribution is 2.19. The van der Waals surface area contributed by atoms with Crippen LogP contribution >= 0.6 is 0 Å². The van der Waals surface area contributed by atoms with Crippen LogP contribution in [0.3, 0.4) is 0 Å². The molecule has 0 saturated heterocycles. The van der Waals surface area contributed by atoms with Crippen molar-refractivity contribution in [1.82, 2.24) is 26.0 Å². The summed E-state index contributed by atoms with van der Waals surface area (Å²) in [7, 11) is -4.09. The van der Waals surface area contributed by atoms with Crippen molar-refractivity contribution in [3.8, 4) is 0 Å². The molecule has 0 aromatic heterocycles. The van der Waals surface area contributed by atoms with E-state index in [-0.39, 0.29) is 62.3 Å². The first-order chi connectivity index (χ1) is 27.9. The van der Waals surface area contributed by atoms with Crippen LogP contribution in [0.2, 0.25) is 0 Å². The minimum absolute atomic E-state index is 0.0611. The minimum atomic E-state index is -4.09. The number of nitrogen functional groups attached to an aromatic ring is 1. The van der Waals surface area contributed by atoms with Crippen molar-refractivity contribution in [2.24, 2.45) is 5.73 Å². The zero-order valence-electron chi connectivity index (χ0n) is 31.7. The number of benzene rings is 5. The van der Waals surface area contributed by atoms with Gasteiger partial charge in [-0.25, -0.2) is 8.42 Å². The Kier molecular flexibility index (Phi) is 13.4. The molecule has 0 radical (unpaired) electrons. The summed E-state index contributed by atoms with van der Waals surface area (Å²) < 4.78 is 29.7. The van der Waals surface area contributed by atoms with E-state index in [2.05, 4.69) is 26.0 Å². The van der Waals surface area contributed by atoms with Gasteiger partial charge < -0.3 is 27.0 Å². The van der Waals surface area contributed by atoms with Crippen LogP contribution in [0.25, 0.3) is 0 Å². The summed E-state index contributed by atoms with van der Waals surface area (Å²) in [6.07, 6.45) is 0.361. The lowest BCUT2D eigenvalue weighted by Gasteiger charge is -2.24. The zero-order valence-corrected chi connectivity index (χ0v) is 32.5. The summed E-state index contributed by atoms with van der Waals surface area (Å²) in [5, 5.41) is 19.1. The number of amides is 4. The van der Waals surface area contributed by atoms with Crippen molar-refractivity contribution in [2.75, 3.05) is 0 Å². The first kappa shape index (κ1) is 41.0. The molecular weight excluding hydrogens is 755 g/mol. The molecule has 13 nitrogen and oxygen atoms in total. The van der Waals surface area contributed by atoms with Gasteiger partial charge in [0.1, 0.15) is 17.9 Å². The lowest BCUT2D eigenvalue weighted by molar-refractivity contribution is -0.130. The van der Waals surface area contributed by atoms with Gasteiger partial charge in [-0.2, -0.15) is 4.72 Å². The molecule has 4 amide bonds. The maximum absolute atomic E-state index is 14.3. The standard InChI is InChI=1S/C44H45N7O6S/c45-42(46)37-20-16-34(17-21-37)27-49-43(54)38-22-29-10-12-32(13-11-29)25-47-39(52)23-30-6-8-31(9-7-30)24-40(53)48-26-33-14-18-36(19-15-33)41(44(55)50-38)51-58(56,57)28-35-4-2-1-3-5-35/h1-21,38,41,51H,22-28H2,(H3,45,46)(H,47,52)(H,48,53)(H,49,54)(H,50,55)/t38-,41?/m0/s1. The molecule has 0 aliphatic carbocycles. The van der Waals surface area contributed by atoms with E-state index < -0.39 is 33.9 Å². The highest BCUT2D eigenvalue weighted by atomic mass is 32.2. The number of sulfonamides is 1. The van der Waals surface area contributed by atoms with Crippen molar-refractivity contribution in [1.29, 1.82) is 5.41 Å². The van der Waals surface area contributed by atoms with Crippen LogP contribution in [0.1, 0.15) is 56.1 Å². The van der Waals surface area contributed by atoms with Crippen LogP contribution in [0, 0.1) is 5.41 Å². The summed E-state index contributed by atoms with van der Waals surface area (Å²) >= 11 is 0. The van der Waals surface area contributed by atoms with Crippen molar-refractivity contribution in [3.63, 3.8) is 0 Å². The molecule has 1 unspecified atom stereocenters. The maximum Gasteiger partial charge on any atom is 0.243 e. The molecule has 5 aromatic rings. The average Bonchev–Trinajstić information content (AvgIpc) is 3.21. The number of amidine groups is 1. The van der Waals surface area contributed by atoms with Gasteiger partial charge in [0.05, 0.1) is 18.6 Å². The van der Waals surface area contributed by atoms with Crippen LogP contribution in [0.4, 0.5) is 0 Å². The Morgan fingerprint density at radius 1 is 0.672 bits per heavy atom. The molecule has 0 fully saturated rings. The molecule has 58 heavy (non-hydrogen) atoms. The molecule has 14 heteroatoms. The van der Waals surface area contributed by atoms with E-state index >= 15 is 0 Å². The third-order valence-corrected chi connectivity index (χ3v) is 10.9. The number of nitrogens with one attached hydrogen (secondary N) is 6. The highest BCUT2D eigenvalue weighted by molar-refractivity contribution is 7.88. The highest BCUT2D eigenvalue weighted by Gasteiger charge is 2.30. The fourth-order valence-corrected chi connectivity index (χ4v) is 7.71. The minimum Gasteiger partial charge on any atom is -0.384 e. The van der Waals surface area contributed by atoms with Gasteiger partial charge >= 0.3 is 0 Å². The molecular formula is C44H45N7O6S. The Hall–Kier alpha value is -6.64. The number of fused-ring (bicyclic) bond motifs is 3. The lowest BCUT2D eigenvalue weighted by atomic mass is 10.0. The van der Waals surface area contributed by atoms with E-state index in [1.165, 1.54) is 0 Å². The Bertz CT molecular complexity index is 2350. The van der Waals surface area contributed by atoms with Gasteiger partial charge in [-0.1, -0.05) is 127 Å². The molecule has 5 aromatic carbocycles. The average molecular weight is 800 g/mol. The molecule has 298 valence electrons. The van der Waals surface area contributed by atoms with E-state index in [1.807, 2.05) is 48.5 Å². The van der Waals surface area contributed by atoms with Gasteiger partial charge in [0.25, 0.3) is 0 Å². The Morgan fingerprint density at radius 3 is 1.74 bits per heavy atom. The van der Waals surface area contributed by atoms with Crippen molar-refractivity contribution in [2.45, 2.75) is 56.7 Å². The Labute approximate surface area is 337 Å². The number of hydrogen-bond acceptors (Lipinski definition) is 7. The molecule has 0 spiro atoms. The molecule has 4 aliphatic heterocycles. The van der Waals surface area contributed by atoms with Crippen LogP contribution in [-0.2, 0) is 73.9 Å². The predicted molar refractivity (Wildman–Crippen MR) is 220 cm³/mol. The lowest BCUT2D eigenvalue weighted by Crippen LogP contribution is -2.51. The number of carbonyl (C=O) groups excluding carboxylic acids is 4. The number of rotatable bonds is 8. The van der Waals surface area contributed by atoms with Gasteiger partial charge in [0.2, 0.25) is 33.7 Å². The second-order valence-electron chi connectivity index (χ2n) is 14.2. The molecule has 4 heterocycles. The summed E-state index contributed by atoms with van der Waals surface area (Å²) in [6.45, 7) is 0.563. The molecule has 0 saturated carbocycles. The van der Waals surface area contributed by atoms with Gasteiger partial charge in [-0.05, 0) is 44.5 Å². The summed E-state index contributed by atoms with van der Waals surface area (Å²) in [6, 6.07) is 34.0. The summed E-state index contributed by atoms with van der Waals surface area (Å²) in [5.74, 6) is -2.12. The Balaban J connectivity index is 1.30.